The minimum Gasteiger partial charge on any atom is -0.399 e. The molecule has 1 aromatic carbocycles. The molecule has 0 atom stereocenters. The smallest absolute Gasteiger partial charge is 0.140 e. The van der Waals surface area contributed by atoms with E-state index in [1.165, 1.54) is 5.57 Å². The molecule has 15 heavy (non-hydrogen) atoms. The standard InChI is InChI=1S/C12H11N3/c13-10-1-3-11(4-2-10)15-8-6-9-5-7-14-12(9)15/h1-7H,8,13H2. The molecular formula is C12H11N3. The van der Waals surface area contributed by atoms with Crippen molar-refractivity contribution in [1.82, 2.24) is 0 Å². The van der Waals surface area contributed by atoms with E-state index in [2.05, 4.69) is 16.0 Å². The molecule has 0 bridgehead atoms. The third-order valence-electron chi connectivity index (χ3n) is 2.66. The second kappa shape index (κ2) is 2.98. The largest absolute Gasteiger partial charge is 0.399 e. The van der Waals surface area contributed by atoms with Gasteiger partial charge in [0.1, 0.15) is 5.84 Å². The summed E-state index contributed by atoms with van der Waals surface area (Å²) in [5, 5.41) is 0. The molecule has 2 N–H and O–H groups in total. The lowest BCUT2D eigenvalue weighted by atomic mass is 10.2. The summed E-state index contributed by atoms with van der Waals surface area (Å²) in [5.41, 5.74) is 8.80. The molecule has 0 radical (unpaired) electrons. The van der Waals surface area contributed by atoms with Gasteiger partial charge in [-0.25, -0.2) is 4.99 Å². The van der Waals surface area contributed by atoms with Crippen LogP contribution in [-0.2, 0) is 0 Å². The summed E-state index contributed by atoms with van der Waals surface area (Å²) in [4.78, 5) is 6.52. The highest BCUT2D eigenvalue weighted by Gasteiger charge is 2.23. The minimum atomic E-state index is 0.789. The molecule has 0 aliphatic carbocycles. The maximum Gasteiger partial charge on any atom is 0.140 e. The number of fused-ring (bicyclic) bond motifs is 1. The molecule has 3 heteroatoms. The van der Waals surface area contributed by atoms with E-state index in [4.69, 9.17) is 5.73 Å². The third-order valence-corrected chi connectivity index (χ3v) is 2.66. The van der Waals surface area contributed by atoms with Crippen molar-refractivity contribution >= 4 is 17.2 Å². The fourth-order valence-corrected chi connectivity index (χ4v) is 1.88. The van der Waals surface area contributed by atoms with Gasteiger partial charge in [-0.1, -0.05) is 6.08 Å². The quantitative estimate of drug-likeness (QED) is 0.699. The van der Waals surface area contributed by atoms with Gasteiger partial charge in [-0.3, -0.25) is 0 Å². The van der Waals surface area contributed by atoms with Crippen LogP contribution in [0.25, 0.3) is 0 Å². The van der Waals surface area contributed by atoms with Crippen LogP contribution in [0.2, 0.25) is 0 Å². The predicted molar refractivity (Wildman–Crippen MR) is 62.9 cm³/mol. The Hall–Kier alpha value is -2.03. The van der Waals surface area contributed by atoms with Gasteiger partial charge < -0.3 is 10.6 Å². The second-order valence-electron chi connectivity index (χ2n) is 3.63. The van der Waals surface area contributed by atoms with Crippen molar-refractivity contribution in [3.05, 3.63) is 48.2 Å². The zero-order chi connectivity index (χ0) is 10.3. The second-order valence-corrected chi connectivity index (χ2v) is 3.63. The number of rotatable bonds is 1. The number of nitrogens with zero attached hydrogens (tertiary/aromatic N) is 2. The summed E-state index contributed by atoms with van der Waals surface area (Å²) in [6, 6.07) is 7.87. The Balaban J connectivity index is 1.95. The van der Waals surface area contributed by atoms with Crippen molar-refractivity contribution in [2.45, 2.75) is 0 Å². The Morgan fingerprint density at radius 1 is 1.20 bits per heavy atom. The molecule has 1 aromatic rings. The number of nitrogen functional groups attached to an aromatic ring is 1. The minimum absolute atomic E-state index is 0.789. The first-order valence-electron chi connectivity index (χ1n) is 4.92. The maximum atomic E-state index is 5.66. The molecule has 0 aromatic heterocycles. The van der Waals surface area contributed by atoms with Gasteiger partial charge in [0.25, 0.3) is 0 Å². The van der Waals surface area contributed by atoms with Gasteiger partial charge in [0.15, 0.2) is 0 Å². The predicted octanol–water partition coefficient (Wildman–Crippen LogP) is 1.94. The number of aliphatic imine (C=N–C) groups is 1. The number of nitrogens with two attached hydrogens (primary N) is 1. The molecule has 74 valence electrons. The number of anilines is 2. The molecular weight excluding hydrogens is 186 g/mol. The van der Waals surface area contributed by atoms with E-state index in [9.17, 15) is 0 Å². The van der Waals surface area contributed by atoms with Crippen LogP contribution < -0.4 is 10.6 Å². The first-order chi connectivity index (χ1) is 7.34. The molecule has 0 saturated heterocycles. The SMILES string of the molecule is Nc1ccc(N2CC=C3C=CN=C32)cc1. The summed E-state index contributed by atoms with van der Waals surface area (Å²) in [6.07, 6.45) is 6.05. The number of hydrogen-bond donors (Lipinski definition) is 1. The first kappa shape index (κ1) is 8.29. The van der Waals surface area contributed by atoms with Gasteiger partial charge >= 0.3 is 0 Å². The topological polar surface area (TPSA) is 41.6 Å². The van der Waals surface area contributed by atoms with Crippen molar-refractivity contribution in [2.75, 3.05) is 17.2 Å². The molecule has 0 fully saturated rings. The van der Waals surface area contributed by atoms with Crippen LogP contribution in [-0.4, -0.2) is 12.4 Å². The van der Waals surface area contributed by atoms with Crippen molar-refractivity contribution in [3.63, 3.8) is 0 Å². The zero-order valence-corrected chi connectivity index (χ0v) is 8.22. The highest BCUT2D eigenvalue weighted by Crippen LogP contribution is 2.26. The van der Waals surface area contributed by atoms with E-state index in [1.807, 2.05) is 36.5 Å². The van der Waals surface area contributed by atoms with Crippen molar-refractivity contribution < 1.29 is 0 Å². The molecule has 2 heterocycles. The molecule has 0 amide bonds. The molecule has 2 aliphatic heterocycles. The van der Waals surface area contributed by atoms with E-state index < -0.39 is 0 Å². The van der Waals surface area contributed by atoms with Gasteiger partial charge in [0.05, 0.1) is 0 Å². The lowest BCUT2D eigenvalue weighted by Crippen LogP contribution is -2.25. The van der Waals surface area contributed by atoms with Crippen molar-refractivity contribution in [3.8, 4) is 0 Å². The summed E-state index contributed by atoms with van der Waals surface area (Å²) in [6.45, 7) is 0.891. The monoisotopic (exact) mass is 197 g/mol. The van der Waals surface area contributed by atoms with Crippen LogP contribution in [0.15, 0.2) is 53.2 Å². The third kappa shape index (κ3) is 1.24. The zero-order valence-electron chi connectivity index (χ0n) is 8.22. The van der Waals surface area contributed by atoms with E-state index in [0.717, 1.165) is 23.8 Å². The summed E-state index contributed by atoms with van der Waals surface area (Å²) >= 11 is 0. The Morgan fingerprint density at radius 2 is 2.00 bits per heavy atom. The van der Waals surface area contributed by atoms with Gasteiger partial charge in [-0.2, -0.15) is 0 Å². The van der Waals surface area contributed by atoms with Crippen LogP contribution in [0.3, 0.4) is 0 Å². The maximum absolute atomic E-state index is 5.66. The number of hydrogen-bond acceptors (Lipinski definition) is 3. The van der Waals surface area contributed by atoms with Crippen LogP contribution >= 0.6 is 0 Å². The van der Waals surface area contributed by atoms with E-state index in [0.29, 0.717) is 0 Å². The average Bonchev–Trinajstić information content (AvgIpc) is 2.80. The molecule has 3 rings (SSSR count). The van der Waals surface area contributed by atoms with Crippen LogP contribution in [0.1, 0.15) is 0 Å². The molecule has 3 nitrogen and oxygen atoms in total. The van der Waals surface area contributed by atoms with Gasteiger partial charge in [0.2, 0.25) is 0 Å². The normalized spacial score (nSPS) is 17.7. The van der Waals surface area contributed by atoms with Crippen LogP contribution in [0.5, 0.6) is 0 Å². The fourth-order valence-electron chi connectivity index (χ4n) is 1.88. The Bertz CT molecular complexity index is 480. The molecule has 0 unspecified atom stereocenters. The first-order valence-corrected chi connectivity index (χ1v) is 4.92. The van der Waals surface area contributed by atoms with Crippen molar-refractivity contribution in [2.24, 2.45) is 4.99 Å². The Kier molecular flexibility index (Phi) is 1.65. The highest BCUT2D eigenvalue weighted by atomic mass is 15.2. The number of amidine groups is 1. The Labute approximate surface area is 88.2 Å². The number of benzene rings is 1. The highest BCUT2D eigenvalue weighted by molar-refractivity contribution is 6.15. The Morgan fingerprint density at radius 3 is 2.80 bits per heavy atom. The summed E-state index contributed by atoms with van der Waals surface area (Å²) in [7, 11) is 0. The van der Waals surface area contributed by atoms with E-state index in [-0.39, 0.29) is 0 Å². The van der Waals surface area contributed by atoms with Crippen LogP contribution in [0.4, 0.5) is 11.4 Å². The van der Waals surface area contributed by atoms with E-state index in [1.54, 1.807) is 0 Å². The lowest BCUT2D eigenvalue weighted by Gasteiger charge is -2.18. The van der Waals surface area contributed by atoms with Gasteiger partial charge in [-0.15, -0.1) is 0 Å². The molecule has 0 spiro atoms. The summed E-state index contributed by atoms with van der Waals surface area (Å²) in [5.74, 6) is 1.04. The van der Waals surface area contributed by atoms with E-state index >= 15 is 0 Å². The van der Waals surface area contributed by atoms with Gasteiger partial charge in [-0.05, 0) is 30.3 Å². The molecule has 2 aliphatic rings. The average molecular weight is 197 g/mol. The summed E-state index contributed by atoms with van der Waals surface area (Å²) < 4.78 is 0. The van der Waals surface area contributed by atoms with Gasteiger partial charge in [0, 0.05) is 29.7 Å². The fraction of sp³-hybridized carbons (Fsp3) is 0.0833. The van der Waals surface area contributed by atoms with Crippen molar-refractivity contribution in [1.29, 1.82) is 0 Å². The lowest BCUT2D eigenvalue weighted by molar-refractivity contribution is 1.17. The van der Waals surface area contributed by atoms with Crippen LogP contribution in [0, 0.1) is 0 Å². The molecule has 0 saturated carbocycles.